The fourth-order valence-corrected chi connectivity index (χ4v) is 3.12. The third-order valence-corrected chi connectivity index (χ3v) is 4.39. The van der Waals surface area contributed by atoms with Crippen LogP contribution in [-0.2, 0) is 6.54 Å². The van der Waals surface area contributed by atoms with Gasteiger partial charge in [0.1, 0.15) is 11.5 Å². The van der Waals surface area contributed by atoms with Crippen molar-refractivity contribution < 1.29 is 8.91 Å². The number of para-hydroxylation sites is 2. The van der Waals surface area contributed by atoms with Gasteiger partial charge in [-0.1, -0.05) is 29.4 Å². The number of piperazine rings is 1. The van der Waals surface area contributed by atoms with Crippen LogP contribution in [0.2, 0.25) is 0 Å². The fraction of sp³-hybridized carbons (Fsp3) is 0.278. The largest absolute Gasteiger partial charge is 0.367 e. The van der Waals surface area contributed by atoms with Crippen LogP contribution in [0.3, 0.4) is 0 Å². The number of hydrogen-bond donors (Lipinski definition) is 0. The van der Waals surface area contributed by atoms with Gasteiger partial charge in [-0.05, 0) is 24.3 Å². The Balaban J connectivity index is 1.43. The minimum absolute atomic E-state index is 0.150. The van der Waals surface area contributed by atoms with Gasteiger partial charge in [0.15, 0.2) is 5.58 Å². The number of halogens is 1. The molecule has 4 nitrogen and oxygen atoms in total. The second-order valence-electron chi connectivity index (χ2n) is 5.84. The molecule has 5 heteroatoms. The molecular formula is C18H18FN3O. The maximum atomic E-state index is 13.9. The molecule has 2 aromatic carbocycles. The summed E-state index contributed by atoms with van der Waals surface area (Å²) < 4.78 is 19.2. The van der Waals surface area contributed by atoms with Crippen molar-refractivity contribution in [3.05, 3.63) is 60.0 Å². The van der Waals surface area contributed by atoms with Crippen molar-refractivity contribution in [2.45, 2.75) is 6.54 Å². The lowest BCUT2D eigenvalue weighted by molar-refractivity contribution is 0.243. The number of hydrogen-bond acceptors (Lipinski definition) is 4. The van der Waals surface area contributed by atoms with E-state index in [4.69, 9.17) is 4.52 Å². The van der Waals surface area contributed by atoms with E-state index in [-0.39, 0.29) is 5.82 Å². The molecule has 0 radical (unpaired) electrons. The Morgan fingerprint density at radius 2 is 1.70 bits per heavy atom. The molecule has 0 N–H and O–H groups in total. The summed E-state index contributed by atoms with van der Waals surface area (Å²) in [5.74, 6) is -0.150. The van der Waals surface area contributed by atoms with E-state index >= 15 is 0 Å². The summed E-state index contributed by atoms with van der Waals surface area (Å²) in [6.07, 6.45) is 0. The average molecular weight is 311 g/mol. The SMILES string of the molecule is Fc1ccccc1N1CCN(Cc2noc3ccccc23)CC1. The number of aromatic nitrogens is 1. The van der Waals surface area contributed by atoms with Crippen molar-refractivity contribution in [2.75, 3.05) is 31.1 Å². The zero-order valence-electron chi connectivity index (χ0n) is 12.8. The standard InChI is InChI=1S/C18H18FN3O/c19-15-6-2-3-7-17(15)22-11-9-21(10-12-22)13-16-14-5-1-4-8-18(14)23-20-16/h1-8H,9-13H2. The van der Waals surface area contributed by atoms with Gasteiger partial charge >= 0.3 is 0 Å². The normalized spacial score (nSPS) is 16.1. The summed E-state index contributed by atoms with van der Waals surface area (Å²) in [6.45, 7) is 4.17. The zero-order valence-corrected chi connectivity index (χ0v) is 12.8. The van der Waals surface area contributed by atoms with Crippen molar-refractivity contribution in [3.63, 3.8) is 0 Å². The van der Waals surface area contributed by atoms with Gasteiger partial charge < -0.3 is 9.42 Å². The molecule has 0 aliphatic carbocycles. The molecule has 0 atom stereocenters. The Morgan fingerprint density at radius 1 is 0.957 bits per heavy atom. The van der Waals surface area contributed by atoms with Crippen LogP contribution in [-0.4, -0.2) is 36.2 Å². The Morgan fingerprint density at radius 3 is 2.52 bits per heavy atom. The highest BCUT2D eigenvalue weighted by Crippen LogP contribution is 2.22. The molecule has 1 aliphatic rings. The highest BCUT2D eigenvalue weighted by Gasteiger charge is 2.20. The Kier molecular flexibility index (Phi) is 3.71. The molecule has 23 heavy (non-hydrogen) atoms. The molecular weight excluding hydrogens is 293 g/mol. The lowest BCUT2D eigenvalue weighted by Gasteiger charge is -2.35. The maximum absolute atomic E-state index is 13.9. The van der Waals surface area contributed by atoms with Gasteiger partial charge in [0.25, 0.3) is 0 Å². The maximum Gasteiger partial charge on any atom is 0.167 e. The summed E-state index contributed by atoms with van der Waals surface area (Å²) in [4.78, 5) is 4.44. The molecule has 118 valence electrons. The molecule has 0 spiro atoms. The Bertz CT molecular complexity index is 809. The summed E-state index contributed by atoms with van der Waals surface area (Å²) >= 11 is 0. The number of nitrogens with zero attached hydrogens (tertiary/aromatic N) is 3. The van der Waals surface area contributed by atoms with Crippen LogP contribution in [0.4, 0.5) is 10.1 Å². The third kappa shape index (κ3) is 2.80. The lowest BCUT2D eigenvalue weighted by atomic mass is 10.2. The molecule has 1 aliphatic heterocycles. The van der Waals surface area contributed by atoms with Crippen LogP contribution in [0.15, 0.2) is 53.1 Å². The fourth-order valence-electron chi connectivity index (χ4n) is 3.12. The number of fused-ring (bicyclic) bond motifs is 1. The Labute approximate surface area is 134 Å². The molecule has 0 bridgehead atoms. The first kappa shape index (κ1) is 14.2. The van der Waals surface area contributed by atoms with Crippen LogP contribution in [0.1, 0.15) is 5.69 Å². The number of anilines is 1. The topological polar surface area (TPSA) is 32.5 Å². The van der Waals surface area contributed by atoms with Gasteiger partial charge in [-0.3, -0.25) is 4.90 Å². The van der Waals surface area contributed by atoms with Gasteiger partial charge in [0.2, 0.25) is 0 Å². The highest BCUT2D eigenvalue weighted by atomic mass is 19.1. The minimum Gasteiger partial charge on any atom is -0.367 e. The Hall–Kier alpha value is -2.40. The average Bonchev–Trinajstić information content (AvgIpc) is 2.99. The molecule has 0 amide bonds. The smallest absolute Gasteiger partial charge is 0.167 e. The lowest BCUT2D eigenvalue weighted by Crippen LogP contribution is -2.46. The van der Waals surface area contributed by atoms with Crippen LogP contribution in [0, 0.1) is 5.82 Å². The van der Waals surface area contributed by atoms with Crippen LogP contribution in [0.5, 0.6) is 0 Å². The van der Waals surface area contributed by atoms with E-state index in [9.17, 15) is 4.39 Å². The first-order valence-corrected chi connectivity index (χ1v) is 7.86. The van der Waals surface area contributed by atoms with E-state index in [0.29, 0.717) is 5.69 Å². The highest BCUT2D eigenvalue weighted by molar-refractivity contribution is 5.79. The summed E-state index contributed by atoms with van der Waals surface area (Å²) in [5.41, 5.74) is 2.49. The minimum atomic E-state index is -0.150. The predicted octanol–water partition coefficient (Wildman–Crippen LogP) is 3.29. The zero-order chi connectivity index (χ0) is 15.6. The van der Waals surface area contributed by atoms with Crippen LogP contribution < -0.4 is 4.90 Å². The van der Waals surface area contributed by atoms with Crippen molar-refractivity contribution >= 4 is 16.7 Å². The first-order valence-electron chi connectivity index (χ1n) is 7.86. The van der Waals surface area contributed by atoms with E-state index in [1.165, 1.54) is 6.07 Å². The van der Waals surface area contributed by atoms with Gasteiger partial charge in [-0.2, -0.15) is 0 Å². The molecule has 1 fully saturated rings. The third-order valence-electron chi connectivity index (χ3n) is 4.39. The van der Waals surface area contributed by atoms with Crippen LogP contribution >= 0.6 is 0 Å². The van der Waals surface area contributed by atoms with Gasteiger partial charge in [-0.25, -0.2) is 4.39 Å². The quantitative estimate of drug-likeness (QED) is 0.743. The van der Waals surface area contributed by atoms with E-state index in [1.807, 2.05) is 36.4 Å². The molecule has 2 heterocycles. The van der Waals surface area contributed by atoms with Crippen LogP contribution in [0.25, 0.3) is 11.0 Å². The van der Waals surface area contributed by atoms with E-state index < -0.39 is 0 Å². The molecule has 0 saturated carbocycles. The monoisotopic (exact) mass is 311 g/mol. The molecule has 1 saturated heterocycles. The summed E-state index contributed by atoms with van der Waals surface area (Å²) in [5, 5.41) is 5.26. The van der Waals surface area contributed by atoms with E-state index in [0.717, 1.165) is 49.4 Å². The molecule has 3 aromatic rings. The van der Waals surface area contributed by atoms with Crippen molar-refractivity contribution in [1.29, 1.82) is 0 Å². The van der Waals surface area contributed by atoms with Gasteiger partial charge in [-0.15, -0.1) is 0 Å². The van der Waals surface area contributed by atoms with Gasteiger partial charge in [0.05, 0.1) is 5.69 Å². The second-order valence-corrected chi connectivity index (χ2v) is 5.84. The number of benzene rings is 2. The van der Waals surface area contributed by atoms with Crippen molar-refractivity contribution in [1.82, 2.24) is 10.1 Å². The van der Waals surface area contributed by atoms with E-state index in [2.05, 4.69) is 15.0 Å². The van der Waals surface area contributed by atoms with Crippen molar-refractivity contribution in [3.8, 4) is 0 Å². The molecule has 4 rings (SSSR count). The second kappa shape index (κ2) is 6.01. The molecule has 1 aromatic heterocycles. The summed E-state index contributed by atoms with van der Waals surface area (Å²) in [7, 11) is 0. The predicted molar refractivity (Wildman–Crippen MR) is 87.9 cm³/mol. The number of rotatable bonds is 3. The summed E-state index contributed by atoms with van der Waals surface area (Å²) in [6, 6.07) is 14.9. The molecule has 0 unspecified atom stereocenters. The van der Waals surface area contributed by atoms with Crippen molar-refractivity contribution in [2.24, 2.45) is 0 Å². The van der Waals surface area contributed by atoms with E-state index in [1.54, 1.807) is 6.07 Å². The first-order chi connectivity index (χ1) is 11.3. The van der Waals surface area contributed by atoms with Gasteiger partial charge in [0, 0.05) is 38.1 Å².